The van der Waals surface area contributed by atoms with E-state index in [1.54, 1.807) is 16.4 Å². The van der Waals surface area contributed by atoms with E-state index in [4.69, 9.17) is 0 Å². The van der Waals surface area contributed by atoms with E-state index in [1.165, 1.54) is 0 Å². The van der Waals surface area contributed by atoms with Crippen molar-refractivity contribution in [2.24, 2.45) is 7.05 Å². The molecule has 0 saturated carbocycles. The van der Waals surface area contributed by atoms with Gasteiger partial charge in [0.1, 0.15) is 5.82 Å². The Morgan fingerprint density at radius 3 is 2.44 bits per heavy atom. The Bertz CT molecular complexity index is 186. The number of aromatic nitrogens is 3. The summed E-state index contributed by atoms with van der Waals surface area (Å²) in [4.78, 5) is 4.14. The number of aryl methyl sites for hydroxylation is 2. The summed E-state index contributed by atoms with van der Waals surface area (Å²) in [5.41, 5.74) is 0. The van der Waals surface area contributed by atoms with Gasteiger partial charge in [0.05, 0.1) is 0 Å². The quantitative estimate of drug-likeness (QED) is 0.546. The van der Waals surface area contributed by atoms with E-state index in [-0.39, 0.29) is 0 Å². The highest BCUT2D eigenvalue weighted by molar-refractivity contribution is 7.98. The van der Waals surface area contributed by atoms with Gasteiger partial charge in [-0.1, -0.05) is 11.8 Å². The fourth-order valence-corrected chi connectivity index (χ4v) is 0.948. The summed E-state index contributed by atoms with van der Waals surface area (Å²) in [6.45, 7) is 1.94. The lowest BCUT2D eigenvalue weighted by molar-refractivity contribution is 0.716. The van der Waals surface area contributed by atoms with Gasteiger partial charge >= 0.3 is 0 Å². The number of thioether (sulfide) groups is 1. The van der Waals surface area contributed by atoms with E-state index in [0.29, 0.717) is 0 Å². The molecule has 1 heterocycles. The predicted octanol–water partition coefficient (Wildman–Crippen LogP) is 0.845. The van der Waals surface area contributed by atoms with E-state index in [1.807, 2.05) is 20.2 Å². The summed E-state index contributed by atoms with van der Waals surface area (Å²) in [6, 6.07) is 0. The van der Waals surface area contributed by atoms with Gasteiger partial charge in [-0.2, -0.15) is 0 Å². The van der Waals surface area contributed by atoms with E-state index in [0.717, 1.165) is 11.0 Å². The summed E-state index contributed by atoms with van der Waals surface area (Å²) in [6.07, 6.45) is 1.97. The summed E-state index contributed by atoms with van der Waals surface area (Å²) in [5, 5.41) is 4.94. The molecule has 9 heavy (non-hydrogen) atoms. The van der Waals surface area contributed by atoms with Crippen LogP contribution in [0.1, 0.15) is 5.82 Å². The summed E-state index contributed by atoms with van der Waals surface area (Å²) >= 11 is 1.56. The highest BCUT2D eigenvalue weighted by Crippen LogP contribution is 2.07. The normalized spacial score (nSPS) is 10.1. The topological polar surface area (TPSA) is 30.7 Å². The lowest BCUT2D eigenvalue weighted by Gasteiger charge is -1.85. The molecule has 0 spiro atoms. The van der Waals surface area contributed by atoms with Crippen LogP contribution in [0.4, 0.5) is 0 Å². The zero-order chi connectivity index (χ0) is 6.85. The van der Waals surface area contributed by atoms with Crippen molar-refractivity contribution in [1.82, 2.24) is 14.8 Å². The standard InChI is InChI=1S/C5H9N3S/c1-4-6-5(9-3)7-8(4)2/h1-3H3. The maximum absolute atomic E-state index is 4.14. The molecule has 1 aromatic heterocycles. The van der Waals surface area contributed by atoms with Crippen LogP contribution in [0.3, 0.4) is 0 Å². The van der Waals surface area contributed by atoms with Gasteiger partial charge in [-0.3, -0.25) is 4.68 Å². The first-order valence-electron chi connectivity index (χ1n) is 2.65. The van der Waals surface area contributed by atoms with Crippen molar-refractivity contribution in [3.8, 4) is 0 Å². The molecule has 0 bridgehead atoms. The molecule has 0 aromatic carbocycles. The van der Waals surface area contributed by atoms with Crippen molar-refractivity contribution >= 4 is 11.8 Å². The zero-order valence-electron chi connectivity index (χ0n) is 5.75. The van der Waals surface area contributed by atoms with Gasteiger partial charge in [-0.15, -0.1) is 5.10 Å². The van der Waals surface area contributed by atoms with Crippen LogP contribution in [0.5, 0.6) is 0 Å². The largest absolute Gasteiger partial charge is 0.252 e. The SMILES string of the molecule is CSc1nc(C)n(C)n1. The Kier molecular flexibility index (Phi) is 1.75. The smallest absolute Gasteiger partial charge is 0.208 e. The van der Waals surface area contributed by atoms with Gasteiger partial charge in [-0.25, -0.2) is 4.98 Å². The van der Waals surface area contributed by atoms with Crippen LogP contribution in [0, 0.1) is 6.92 Å². The Labute approximate surface area is 58.5 Å². The number of rotatable bonds is 1. The highest BCUT2D eigenvalue weighted by Gasteiger charge is 1.98. The van der Waals surface area contributed by atoms with Gasteiger partial charge < -0.3 is 0 Å². The van der Waals surface area contributed by atoms with E-state index in [2.05, 4.69) is 10.1 Å². The first-order valence-corrected chi connectivity index (χ1v) is 3.88. The molecule has 0 N–H and O–H groups in total. The van der Waals surface area contributed by atoms with Crippen LogP contribution in [-0.4, -0.2) is 21.0 Å². The Hall–Kier alpha value is -0.510. The van der Waals surface area contributed by atoms with Crippen LogP contribution in [-0.2, 0) is 7.05 Å². The van der Waals surface area contributed by atoms with E-state index >= 15 is 0 Å². The monoisotopic (exact) mass is 143 g/mol. The molecule has 0 saturated heterocycles. The molecule has 0 amide bonds. The highest BCUT2D eigenvalue weighted by atomic mass is 32.2. The number of nitrogens with zero attached hydrogens (tertiary/aromatic N) is 3. The Morgan fingerprint density at radius 2 is 2.22 bits per heavy atom. The number of hydrogen-bond acceptors (Lipinski definition) is 3. The molecule has 0 aliphatic rings. The van der Waals surface area contributed by atoms with Gasteiger partial charge in [-0.05, 0) is 13.2 Å². The molecular formula is C5H9N3S. The minimum absolute atomic E-state index is 0.843. The van der Waals surface area contributed by atoms with E-state index in [9.17, 15) is 0 Å². The molecule has 0 aliphatic carbocycles. The fraction of sp³-hybridized carbons (Fsp3) is 0.600. The lowest BCUT2D eigenvalue weighted by atomic mass is 10.7. The van der Waals surface area contributed by atoms with Crippen LogP contribution >= 0.6 is 11.8 Å². The number of hydrogen-bond donors (Lipinski definition) is 0. The van der Waals surface area contributed by atoms with Crippen molar-refractivity contribution in [3.63, 3.8) is 0 Å². The average molecular weight is 143 g/mol. The van der Waals surface area contributed by atoms with Gasteiger partial charge in [0, 0.05) is 7.05 Å². The molecule has 0 aliphatic heterocycles. The molecule has 1 rings (SSSR count). The fourth-order valence-electron chi connectivity index (χ4n) is 0.520. The third-order valence-electron chi connectivity index (χ3n) is 1.14. The van der Waals surface area contributed by atoms with Gasteiger partial charge in [0.2, 0.25) is 5.16 Å². The van der Waals surface area contributed by atoms with Crippen molar-refractivity contribution in [2.75, 3.05) is 6.26 Å². The Morgan fingerprint density at radius 1 is 1.56 bits per heavy atom. The lowest BCUT2D eigenvalue weighted by Crippen LogP contribution is -1.92. The first-order chi connectivity index (χ1) is 4.24. The minimum atomic E-state index is 0.843. The molecule has 0 atom stereocenters. The summed E-state index contributed by atoms with van der Waals surface area (Å²) in [5.74, 6) is 0.958. The molecule has 0 radical (unpaired) electrons. The van der Waals surface area contributed by atoms with Crippen LogP contribution in [0.25, 0.3) is 0 Å². The molecule has 0 unspecified atom stereocenters. The zero-order valence-corrected chi connectivity index (χ0v) is 6.57. The van der Waals surface area contributed by atoms with Crippen LogP contribution in [0.2, 0.25) is 0 Å². The average Bonchev–Trinajstić information content (AvgIpc) is 2.13. The molecule has 3 nitrogen and oxygen atoms in total. The van der Waals surface area contributed by atoms with Crippen molar-refractivity contribution < 1.29 is 0 Å². The summed E-state index contributed by atoms with van der Waals surface area (Å²) in [7, 11) is 1.89. The van der Waals surface area contributed by atoms with Crippen molar-refractivity contribution in [1.29, 1.82) is 0 Å². The molecule has 50 valence electrons. The minimum Gasteiger partial charge on any atom is -0.252 e. The molecule has 0 fully saturated rings. The van der Waals surface area contributed by atoms with E-state index < -0.39 is 0 Å². The van der Waals surface area contributed by atoms with Crippen LogP contribution in [0.15, 0.2) is 5.16 Å². The summed E-state index contributed by atoms with van der Waals surface area (Å²) < 4.78 is 1.77. The van der Waals surface area contributed by atoms with Crippen LogP contribution < -0.4 is 0 Å². The predicted molar refractivity (Wildman–Crippen MR) is 37.5 cm³/mol. The van der Waals surface area contributed by atoms with Gasteiger partial charge in [0.25, 0.3) is 0 Å². The maximum atomic E-state index is 4.14. The maximum Gasteiger partial charge on any atom is 0.208 e. The Balaban J connectivity index is 2.98. The molecular weight excluding hydrogens is 134 g/mol. The second-order valence-electron chi connectivity index (χ2n) is 1.77. The molecule has 4 heteroatoms. The second kappa shape index (κ2) is 2.39. The molecule has 1 aromatic rings. The van der Waals surface area contributed by atoms with Crippen molar-refractivity contribution in [2.45, 2.75) is 12.1 Å². The van der Waals surface area contributed by atoms with Crippen molar-refractivity contribution in [3.05, 3.63) is 5.82 Å². The third kappa shape index (κ3) is 1.24. The third-order valence-corrected chi connectivity index (χ3v) is 1.68. The second-order valence-corrected chi connectivity index (χ2v) is 2.54. The first kappa shape index (κ1) is 6.61. The van der Waals surface area contributed by atoms with Gasteiger partial charge in [0.15, 0.2) is 0 Å².